The number of pyridine rings is 1. The zero-order valence-corrected chi connectivity index (χ0v) is 22.6. The van der Waals surface area contributed by atoms with Crippen molar-refractivity contribution >= 4 is 27.9 Å². The number of carbonyl (C=O) groups is 3. The second kappa shape index (κ2) is 12.1. The smallest absolute Gasteiger partial charge is 0.417 e. The minimum absolute atomic E-state index is 0.00865. The molecule has 0 bridgehead atoms. The molecule has 3 rings (SSSR count). The van der Waals surface area contributed by atoms with Crippen LogP contribution in [-0.4, -0.2) is 63.0 Å². The van der Waals surface area contributed by atoms with Crippen LogP contribution in [0, 0.1) is 11.8 Å². The van der Waals surface area contributed by atoms with Gasteiger partial charge in [-0.25, -0.2) is 4.79 Å². The first-order valence-corrected chi connectivity index (χ1v) is 13.3. The van der Waals surface area contributed by atoms with E-state index in [1.807, 2.05) is 0 Å². The fourth-order valence-corrected chi connectivity index (χ4v) is 3.74. The molecule has 10 nitrogen and oxygen atoms in total. The van der Waals surface area contributed by atoms with Crippen molar-refractivity contribution in [1.29, 1.82) is 0 Å². The zero-order valence-electron chi connectivity index (χ0n) is 21.8. The Hall–Kier alpha value is -4.90. The Morgan fingerprint density at radius 1 is 1.00 bits per heavy atom. The summed E-state index contributed by atoms with van der Waals surface area (Å²) in [6.07, 6.45) is -2.93. The first-order chi connectivity index (χ1) is 19.0. The lowest BCUT2D eigenvalue weighted by molar-refractivity contribution is -0.137. The van der Waals surface area contributed by atoms with Crippen LogP contribution in [0.4, 0.5) is 13.2 Å². The summed E-state index contributed by atoms with van der Waals surface area (Å²) in [5.74, 6) is 2.44. The van der Waals surface area contributed by atoms with Crippen LogP contribution >= 0.6 is 0 Å². The molecule has 0 spiro atoms. The molecule has 0 unspecified atom stereocenters. The van der Waals surface area contributed by atoms with Crippen LogP contribution in [0.1, 0.15) is 37.5 Å². The van der Waals surface area contributed by atoms with Crippen LogP contribution in [-0.2, 0) is 25.8 Å². The van der Waals surface area contributed by atoms with Crippen LogP contribution in [0.2, 0.25) is 0 Å². The Morgan fingerprint density at radius 2 is 1.66 bits per heavy atom. The van der Waals surface area contributed by atoms with Crippen LogP contribution < -0.4 is 9.92 Å². The van der Waals surface area contributed by atoms with Gasteiger partial charge in [-0.3, -0.25) is 14.6 Å². The maximum Gasteiger partial charge on any atom is 0.417 e. The number of ether oxygens (including phenoxy) is 1. The number of nitrogens with zero attached hydrogens (tertiary/aromatic N) is 2. The summed E-state index contributed by atoms with van der Waals surface area (Å²) in [6, 6.07) is 9.31. The summed E-state index contributed by atoms with van der Waals surface area (Å²) >= 11 is 0. The number of carbonyl (C=O) groups excluding carboxylic acids is 3. The Bertz CT molecular complexity index is 1670. The second-order valence-electron chi connectivity index (χ2n) is 8.66. The molecule has 2 amide bonds. The number of hydrogen-bond acceptors (Lipinski definition) is 8. The summed E-state index contributed by atoms with van der Waals surface area (Å²) in [5.41, 5.74) is 4.24. The number of amides is 2. The van der Waals surface area contributed by atoms with Crippen molar-refractivity contribution in [1.82, 2.24) is 9.88 Å². The molecule has 214 valence electrons. The van der Waals surface area contributed by atoms with E-state index in [0.717, 1.165) is 12.1 Å². The topological polar surface area (TPSA) is 146 Å². The summed E-state index contributed by atoms with van der Waals surface area (Å²) in [5, 5.41) is 0. The lowest BCUT2D eigenvalue weighted by Gasteiger charge is -2.12. The molecule has 1 heterocycles. The maximum atomic E-state index is 13.8. The van der Waals surface area contributed by atoms with Gasteiger partial charge in [0.1, 0.15) is 11.4 Å². The van der Waals surface area contributed by atoms with E-state index in [9.17, 15) is 36.0 Å². The van der Waals surface area contributed by atoms with E-state index < -0.39 is 57.6 Å². The number of rotatable bonds is 7. The van der Waals surface area contributed by atoms with Crippen LogP contribution in [0.3, 0.4) is 0 Å². The third kappa shape index (κ3) is 8.29. The Labute approximate surface area is 233 Å². The van der Waals surface area contributed by atoms with Crippen molar-refractivity contribution in [2.24, 2.45) is 5.73 Å². The van der Waals surface area contributed by atoms with Crippen molar-refractivity contribution in [3.05, 3.63) is 82.7 Å². The Kier molecular flexibility index (Phi) is 9.04. The molecule has 0 radical (unpaired) electrons. The molecule has 14 heteroatoms. The number of hydrogen-bond donors (Lipinski definition) is 1. The summed E-state index contributed by atoms with van der Waals surface area (Å²) in [7, 11) is -1.10. The van der Waals surface area contributed by atoms with Gasteiger partial charge in [0.25, 0.3) is 11.8 Å². The molecule has 0 atom stereocenters. The Balaban J connectivity index is 2.09. The van der Waals surface area contributed by atoms with Gasteiger partial charge in [0.2, 0.25) is 0 Å². The van der Waals surface area contributed by atoms with Gasteiger partial charge in [-0.2, -0.15) is 21.6 Å². The number of alkyl halides is 3. The average molecular weight is 590 g/mol. The molecule has 41 heavy (non-hydrogen) atoms. The minimum atomic E-state index is -4.89. The maximum absolute atomic E-state index is 13.8. The van der Waals surface area contributed by atoms with E-state index in [1.54, 1.807) is 0 Å². The third-order valence-corrected chi connectivity index (χ3v) is 5.78. The van der Waals surface area contributed by atoms with E-state index in [2.05, 4.69) is 21.0 Å². The third-order valence-electron chi connectivity index (χ3n) is 5.28. The van der Waals surface area contributed by atoms with Crippen molar-refractivity contribution in [2.75, 3.05) is 27.0 Å². The highest BCUT2D eigenvalue weighted by Crippen LogP contribution is 2.34. The number of likely N-dealkylation sites (N-methyl/N-ethyl adjacent to an activating group) is 1. The fraction of sp³-hybridized carbons (Fsp3) is 0.185. The molecule has 0 saturated carbocycles. The largest absolute Gasteiger partial charge is 0.452 e. The predicted molar refractivity (Wildman–Crippen MR) is 140 cm³/mol. The van der Waals surface area contributed by atoms with Gasteiger partial charge in [-0.05, 0) is 48.0 Å². The van der Waals surface area contributed by atoms with Crippen LogP contribution in [0.25, 0.3) is 11.1 Å². The predicted octanol–water partition coefficient (Wildman–Crippen LogP) is 2.85. The normalized spacial score (nSPS) is 11.2. The molecule has 2 N–H and O–H groups in total. The summed E-state index contributed by atoms with van der Waals surface area (Å²) < 4.78 is 73.6. The van der Waals surface area contributed by atoms with Gasteiger partial charge in [0, 0.05) is 37.0 Å². The molecule has 2 aromatic carbocycles. The van der Waals surface area contributed by atoms with Crippen molar-refractivity contribution < 1.29 is 44.9 Å². The van der Waals surface area contributed by atoms with Crippen LogP contribution in [0.5, 0.6) is 5.75 Å². The van der Waals surface area contributed by atoms with Crippen molar-refractivity contribution in [3.63, 3.8) is 0 Å². The number of halogens is 3. The number of aromatic nitrogens is 1. The van der Waals surface area contributed by atoms with Crippen molar-refractivity contribution in [2.45, 2.75) is 6.18 Å². The molecule has 3 aromatic rings. The molecule has 0 fully saturated rings. The van der Waals surface area contributed by atoms with E-state index in [-0.39, 0.29) is 22.4 Å². The summed E-state index contributed by atoms with van der Waals surface area (Å²) in [4.78, 5) is 41.0. The molecular formula is C27H22F3N3O7S. The number of benzene rings is 2. The van der Waals surface area contributed by atoms with Crippen molar-refractivity contribution in [3.8, 4) is 28.7 Å². The molecule has 0 saturated heterocycles. The monoisotopic (exact) mass is 589 g/mol. The minimum Gasteiger partial charge on any atom is -0.452 e. The highest BCUT2D eigenvalue weighted by Gasteiger charge is 2.34. The number of esters is 1. The van der Waals surface area contributed by atoms with Crippen LogP contribution in [0.15, 0.2) is 54.7 Å². The zero-order chi connectivity index (χ0) is 30.5. The molecular weight excluding hydrogens is 567 g/mol. The molecule has 0 aliphatic rings. The van der Waals surface area contributed by atoms with Gasteiger partial charge >= 0.3 is 22.3 Å². The van der Waals surface area contributed by atoms with E-state index >= 15 is 0 Å². The van der Waals surface area contributed by atoms with Gasteiger partial charge in [-0.15, -0.1) is 0 Å². The van der Waals surface area contributed by atoms with Gasteiger partial charge in [-0.1, -0.05) is 17.9 Å². The first-order valence-electron chi connectivity index (χ1n) is 11.5. The molecule has 0 aliphatic carbocycles. The fourth-order valence-electron chi connectivity index (χ4n) is 3.29. The highest BCUT2D eigenvalue weighted by atomic mass is 32.2. The molecule has 1 aromatic heterocycles. The van der Waals surface area contributed by atoms with E-state index in [4.69, 9.17) is 10.5 Å². The van der Waals surface area contributed by atoms with Gasteiger partial charge < -0.3 is 19.6 Å². The van der Waals surface area contributed by atoms with Gasteiger partial charge in [0.05, 0.1) is 17.4 Å². The average Bonchev–Trinajstić information content (AvgIpc) is 2.89. The number of nitrogens with two attached hydrogens (primary N) is 1. The lowest BCUT2D eigenvalue weighted by Crippen LogP contribution is -2.27. The Morgan fingerprint density at radius 3 is 2.22 bits per heavy atom. The first kappa shape index (κ1) is 30.6. The lowest BCUT2D eigenvalue weighted by atomic mass is 9.97. The highest BCUT2D eigenvalue weighted by molar-refractivity contribution is 7.86. The molecule has 0 aliphatic heterocycles. The quantitative estimate of drug-likeness (QED) is 0.252. The number of primary amides is 1. The second-order valence-corrected chi connectivity index (χ2v) is 10.2. The van der Waals surface area contributed by atoms with E-state index in [1.165, 1.54) is 55.5 Å². The standard InChI is InChI=1S/C27H22F3N3O7S/c1-33(2)24(34)15-39-26(36)18-7-5-16(21(12-18)19-9-11-23(25(31)35)32-14-19)4-6-17-8-10-20(40-41(3,37)38)13-22(17)27(28,29)30/h5,7-14H,15H2,1-3H3,(H2,31,35). The van der Waals surface area contributed by atoms with Gasteiger partial charge in [0.15, 0.2) is 6.61 Å². The SMILES string of the molecule is CN(C)C(=O)COC(=O)c1ccc(C#Cc2ccc(OS(C)(=O)=O)cc2C(F)(F)F)c(-c2ccc(C(N)=O)nc2)c1. The van der Waals surface area contributed by atoms with E-state index in [0.29, 0.717) is 17.9 Å². The summed E-state index contributed by atoms with van der Waals surface area (Å²) in [6.45, 7) is -0.517.